The third kappa shape index (κ3) is 13.7. The van der Waals surface area contributed by atoms with Gasteiger partial charge in [-0.1, -0.05) is 50.6 Å². The Labute approximate surface area is 444 Å². The van der Waals surface area contributed by atoms with Crippen molar-refractivity contribution in [1.29, 1.82) is 0 Å². The number of amides is 4. The summed E-state index contributed by atoms with van der Waals surface area (Å²) in [6.07, 6.45) is 4.85. The lowest BCUT2D eigenvalue weighted by molar-refractivity contribution is -0.143. The smallest absolute Gasteiger partial charge is 0.255 e. The highest BCUT2D eigenvalue weighted by Crippen LogP contribution is 2.34. The third-order valence-electron chi connectivity index (χ3n) is 13.5. The molecule has 2 aliphatic heterocycles. The molecule has 0 spiro atoms. The maximum absolute atomic E-state index is 14.3. The highest BCUT2D eigenvalue weighted by Gasteiger charge is 2.46. The van der Waals surface area contributed by atoms with Gasteiger partial charge in [-0.2, -0.15) is 4.98 Å². The molecule has 4 N–H and O–H groups in total. The van der Waals surface area contributed by atoms with Crippen molar-refractivity contribution < 1.29 is 43.2 Å². The van der Waals surface area contributed by atoms with Crippen LogP contribution in [0, 0.1) is 18.8 Å². The number of likely N-dealkylation sites (tertiary alicyclic amines) is 1. The number of aryl methyl sites for hydroxylation is 1. The highest BCUT2D eigenvalue weighted by molar-refractivity contribution is 9.10. The lowest BCUT2D eigenvalue weighted by atomic mass is 9.84. The first-order valence-electron chi connectivity index (χ1n) is 25.3. The number of carbonyl (C=O) groups is 4. The summed E-state index contributed by atoms with van der Waals surface area (Å²) in [5.41, 5.74) is 6.57. The van der Waals surface area contributed by atoms with Crippen molar-refractivity contribution in [2.24, 2.45) is 11.8 Å². The molecule has 5 aromatic rings. The number of β-amino-alcohol motifs (C(OH)–C–C–N with tert-alkyl or cyclic N) is 1. The quantitative estimate of drug-likeness (QED) is 0.0403. The monoisotopic (exact) mass is 1100 g/mol. The molecule has 394 valence electrons. The number of anilines is 3. The molecule has 1 aliphatic carbocycles. The number of fused-ring (bicyclic) bond motifs is 1. The van der Waals surface area contributed by atoms with Gasteiger partial charge in [0.25, 0.3) is 5.91 Å². The molecule has 2 aromatic heterocycles. The fraction of sp³-hybridized carbons (Fsp3) is 0.463. The molecular weight excluding hydrogens is 1030 g/mol. The normalized spacial score (nSPS) is 16.7. The molecule has 4 heterocycles. The first-order chi connectivity index (χ1) is 35.8. The molecule has 74 heavy (non-hydrogen) atoms. The SMILES string of the molecule is Cc1ncsc1-c1ccc(CNC(=O)[C@@H]2C[C@@H](O)CN2C(=O)C(C(C)C)N2Cc3ccccc3C2=O)c(OCCOCCOCCOc2ccc(Nc3ncc(Br)c(NCCCN(C)C(=O)C4CCC4)n3)cc2)c1. The van der Waals surface area contributed by atoms with Gasteiger partial charge in [0, 0.05) is 75.1 Å². The van der Waals surface area contributed by atoms with Crippen molar-refractivity contribution in [2.75, 3.05) is 77.0 Å². The van der Waals surface area contributed by atoms with Crippen molar-refractivity contribution >= 4 is 68.3 Å². The van der Waals surface area contributed by atoms with Gasteiger partial charge in [0.15, 0.2) is 0 Å². The summed E-state index contributed by atoms with van der Waals surface area (Å²) in [7, 11) is 1.87. The zero-order chi connectivity index (χ0) is 52.1. The summed E-state index contributed by atoms with van der Waals surface area (Å²) in [5, 5.41) is 20.3. The molecule has 18 nitrogen and oxygen atoms in total. The van der Waals surface area contributed by atoms with E-state index >= 15 is 0 Å². The number of nitrogens with one attached hydrogen (secondary N) is 3. The molecule has 8 rings (SSSR count). The van der Waals surface area contributed by atoms with Gasteiger partial charge in [-0.15, -0.1) is 11.3 Å². The number of thiazole rings is 1. The molecule has 3 atom stereocenters. The average molecular weight is 1100 g/mol. The lowest BCUT2D eigenvalue weighted by Gasteiger charge is -2.35. The number of benzene rings is 3. The second-order valence-corrected chi connectivity index (χ2v) is 20.8. The van der Waals surface area contributed by atoms with E-state index in [1.165, 1.54) is 16.2 Å². The Morgan fingerprint density at radius 3 is 2.41 bits per heavy atom. The van der Waals surface area contributed by atoms with Crippen LogP contribution in [-0.2, 0) is 36.9 Å². The number of ether oxygens (including phenoxy) is 4. The van der Waals surface area contributed by atoms with Crippen LogP contribution in [0.1, 0.15) is 73.1 Å². The fourth-order valence-electron chi connectivity index (χ4n) is 9.28. The predicted molar refractivity (Wildman–Crippen MR) is 285 cm³/mol. The summed E-state index contributed by atoms with van der Waals surface area (Å²) in [5.74, 6) is 1.61. The molecule has 1 saturated carbocycles. The van der Waals surface area contributed by atoms with Gasteiger partial charge in [0.2, 0.25) is 23.7 Å². The van der Waals surface area contributed by atoms with Gasteiger partial charge < -0.3 is 54.7 Å². The number of aliphatic hydroxyl groups is 1. The Kier molecular flexibility index (Phi) is 18.9. The zero-order valence-corrected chi connectivity index (χ0v) is 44.8. The molecular formula is C54H66BrN9O9S. The van der Waals surface area contributed by atoms with Crippen LogP contribution in [0.25, 0.3) is 10.4 Å². The molecule has 3 aromatic carbocycles. The van der Waals surface area contributed by atoms with Crippen LogP contribution in [-0.4, -0.2) is 143 Å². The minimum atomic E-state index is -0.915. The maximum atomic E-state index is 14.3. The number of aromatic nitrogens is 3. The number of nitrogens with zero attached hydrogens (tertiary/aromatic N) is 6. The van der Waals surface area contributed by atoms with E-state index in [2.05, 4.69) is 46.8 Å². The van der Waals surface area contributed by atoms with Crippen molar-refractivity contribution in [3.05, 3.63) is 105 Å². The van der Waals surface area contributed by atoms with Crippen LogP contribution in [0.4, 0.5) is 17.5 Å². The minimum Gasteiger partial charge on any atom is -0.491 e. The van der Waals surface area contributed by atoms with Crippen molar-refractivity contribution in [2.45, 2.75) is 84.2 Å². The molecule has 4 amide bonds. The largest absolute Gasteiger partial charge is 0.491 e. The first kappa shape index (κ1) is 54.1. The molecule has 20 heteroatoms. The molecule has 1 unspecified atom stereocenters. The van der Waals surface area contributed by atoms with Gasteiger partial charge in [-0.3, -0.25) is 19.2 Å². The van der Waals surface area contributed by atoms with Crippen molar-refractivity contribution in [3.8, 4) is 21.9 Å². The second kappa shape index (κ2) is 25.8. The Hall–Kier alpha value is -6.19. The summed E-state index contributed by atoms with van der Waals surface area (Å²) in [4.78, 5) is 73.3. The van der Waals surface area contributed by atoms with E-state index in [9.17, 15) is 24.3 Å². The summed E-state index contributed by atoms with van der Waals surface area (Å²) in [6, 6.07) is 18.9. The Morgan fingerprint density at radius 1 is 0.959 bits per heavy atom. The summed E-state index contributed by atoms with van der Waals surface area (Å²) < 4.78 is 24.5. The standard InChI is InChI=1S/C54H66BrN9O9S/c1-34(2)47(64-31-39-9-5-6-12-43(39)52(64)68)53(69)63-32-41(65)28-45(63)50(66)57-29-38-14-13-37(48-35(3)59-33-74-48)27-46(38)73-26-24-71-22-21-70-23-25-72-42-17-15-40(16-18-42)60-54-58-30-44(55)49(61-54)56-19-8-20-62(4)51(67)36-10-7-11-36/h5-6,9,12-18,27,30,33-34,36,41,45,47,65H,7-8,10-11,19-26,28-29,31-32H2,1-4H3,(H,57,66)(H2,56,58,60,61)/t41-,45+,47?/m1/s1. The van der Waals surface area contributed by atoms with E-state index in [-0.39, 0.29) is 55.7 Å². The van der Waals surface area contributed by atoms with Crippen LogP contribution in [0.2, 0.25) is 0 Å². The van der Waals surface area contributed by atoms with E-state index in [1.54, 1.807) is 22.7 Å². The number of aliphatic hydroxyl groups excluding tert-OH is 1. The highest BCUT2D eigenvalue weighted by atomic mass is 79.9. The Bertz CT molecular complexity index is 2720. The summed E-state index contributed by atoms with van der Waals surface area (Å²) in [6.45, 7) is 9.44. The van der Waals surface area contributed by atoms with Gasteiger partial charge in [-0.25, -0.2) is 9.97 Å². The van der Waals surface area contributed by atoms with Gasteiger partial charge >= 0.3 is 0 Å². The number of halogens is 1. The molecule has 2 fully saturated rings. The predicted octanol–water partition coefficient (Wildman–Crippen LogP) is 7.22. The molecule has 0 radical (unpaired) electrons. The van der Waals surface area contributed by atoms with Crippen molar-refractivity contribution in [3.63, 3.8) is 0 Å². The molecule has 0 bridgehead atoms. The van der Waals surface area contributed by atoms with Crippen LogP contribution in [0.15, 0.2) is 82.9 Å². The molecule has 3 aliphatic rings. The Balaban J connectivity index is 0.748. The maximum Gasteiger partial charge on any atom is 0.255 e. The summed E-state index contributed by atoms with van der Waals surface area (Å²) >= 11 is 5.05. The number of hydrogen-bond acceptors (Lipinski definition) is 15. The first-order valence-corrected chi connectivity index (χ1v) is 27.0. The topological polar surface area (TPSA) is 210 Å². The third-order valence-corrected chi connectivity index (χ3v) is 15.0. The number of hydrogen-bond donors (Lipinski definition) is 4. The minimum absolute atomic E-state index is 0.00376. The van der Waals surface area contributed by atoms with E-state index in [1.807, 2.05) is 93.4 Å². The second-order valence-electron chi connectivity index (χ2n) is 19.1. The van der Waals surface area contributed by atoms with Crippen LogP contribution in [0.5, 0.6) is 11.5 Å². The van der Waals surface area contributed by atoms with Gasteiger partial charge in [0.05, 0.1) is 53.1 Å². The van der Waals surface area contributed by atoms with E-state index < -0.39 is 24.1 Å². The van der Waals surface area contributed by atoms with E-state index in [4.69, 9.17) is 18.9 Å². The van der Waals surface area contributed by atoms with E-state index in [0.29, 0.717) is 81.5 Å². The zero-order valence-electron chi connectivity index (χ0n) is 42.4. The average Bonchev–Trinajstić information content (AvgIpc) is 4.09. The molecule has 1 saturated heterocycles. The van der Waals surface area contributed by atoms with Crippen LogP contribution >= 0.6 is 27.3 Å². The van der Waals surface area contributed by atoms with Crippen molar-refractivity contribution in [1.82, 2.24) is 35.0 Å². The Morgan fingerprint density at radius 2 is 1.70 bits per heavy atom. The van der Waals surface area contributed by atoms with Gasteiger partial charge in [-0.05, 0) is 95.6 Å². The fourth-order valence-corrected chi connectivity index (χ4v) is 10.4. The lowest BCUT2D eigenvalue weighted by Crippen LogP contribution is -2.55. The number of carbonyl (C=O) groups excluding carboxylic acids is 4. The number of rotatable bonds is 26. The van der Waals surface area contributed by atoms with Crippen LogP contribution < -0.4 is 25.4 Å². The van der Waals surface area contributed by atoms with Gasteiger partial charge in [0.1, 0.15) is 42.6 Å². The van der Waals surface area contributed by atoms with E-state index in [0.717, 1.165) is 63.1 Å². The van der Waals surface area contributed by atoms with Crippen LogP contribution in [0.3, 0.4) is 0 Å².